The third-order valence-corrected chi connectivity index (χ3v) is 4.53. The number of nitrogens with one attached hydrogen (secondary N) is 1. The maximum Gasteiger partial charge on any atom is 0.404 e. The molecule has 0 spiro atoms. The summed E-state index contributed by atoms with van der Waals surface area (Å²) in [5.74, 6) is 0. The molecular formula is C16H24N2O2. The van der Waals surface area contributed by atoms with Gasteiger partial charge in [-0.3, -0.25) is 4.90 Å². The van der Waals surface area contributed by atoms with Crippen molar-refractivity contribution in [1.82, 2.24) is 10.2 Å². The second-order valence-corrected chi connectivity index (χ2v) is 5.77. The van der Waals surface area contributed by atoms with Crippen LogP contribution in [0.2, 0.25) is 0 Å². The lowest BCUT2D eigenvalue weighted by Gasteiger charge is -2.41. The van der Waals surface area contributed by atoms with Gasteiger partial charge in [-0.15, -0.1) is 0 Å². The SMILES string of the molecule is CCC1(CNC(=O)O)CCN(Cc2ccccc2)CC1. The normalized spacial score (nSPS) is 18.6. The van der Waals surface area contributed by atoms with Crippen molar-refractivity contribution in [2.75, 3.05) is 19.6 Å². The van der Waals surface area contributed by atoms with Crippen molar-refractivity contribution in [3.63, 3.8) is 0 Å². The molecule has 0 unspecified atom stereocenters. The number of hydrogen-bond donors (Lipinski definition) is 2. The molecule has 0 aliphatic carbocycles. The molecule has 1 aliphatic heterocycles. The lowest BCUT2D eigenvalue weighted by molar-refractivity contribution is 0.0919. The Bertz CT molecular complexity index is 425. The molecule has 0 atom stereocenters. The number of piperidine rings is 1. The average molecular weight is 276 g/mol. The Hall–Kier alpha value is -1.55. The Morgan fingerprint density at radius 3 is 2.50 bits per heavy atom. The topological polar surface area (TPSA) is 52.6 Å². The van der Waals surface area contributed by atoms with Gasteiger partial charge in [-0.05, 0) is 43.3 Å². The van der Waals surface area contributed by atoms with Crippen LogP contribution in [0, 0.1) is 5.41 Å². The smallest absolute Gasteiger partial charge is 0.404 e. The summed E-state index contributed by atoms with van der Waals surface area (Å²) in [7, 11) is 0. The molecule has 20 heavy (non-hydrogen) atoms. The second-order valence-electron chi connectivity index (χ2n) is 5.77. The fourth-order valence-electron chi connectivity index (χ4n) is 2.95. The zero-order chi connectivity index (χ0) is 14.4. The molecule has 0 bridgehead atoms. The summed E-state index contributed by atoms with van der Waals surface area (Å²) in [6.45, 7) is 5.83. The van der Waals surface area contributed by atoms with Crippen LogP contribution in [-0.2, 0) is 6.54 Å². The number of hydrogen-bond acceptors (Lipinski definition) is 2. The van der Waals surface area contributed by atoms with Crippen LogP contribution >= 0.6 is 0 Å². The minimum atomic E-state index is -0.912. The van der Waals surface area contributed by atoms with Gasteiger partial charge in [-0.25, -0.2) is 4.79 Å². The molecule has 0 aromatic heterocycles. The number of nitrogens with zero attached hydrogens (tertiary/aromatic N) is 1. The van der Waals surface area contributed by atoms with Crippen molar-refractivity contribution in [2.24, 2.45) is 5.41 Å². The van der Waals surface area contributed by atoms with E-state index in [1.54, 1.807) is 0 Å². The van der Waals surface area contributed by atoms with Gasteiger partial charge < -0.3 is 10.4 Å². The molecule has 2 rings (SSSR count). The van der Waals surface area contributed by atoms with Gasteiger partial charge in [-0.2, -0.15) is 0 Å². The van der Waals surface area contributed by atoms with Crippen molar-refractivity contribution in [3.05, 3.63) is 35.9 Å². The third kappa shape index (κ3) is 3.97. The number of rotatable bonds is 5. The molecule has 110 valence electrons. The van der Waals surface area contributed by atoms with Crippen LogP contribution in [0.1, 0.15) is 31.7 Å². The number of benzene rings is 1. The highest BCUT2D eigenvalue weighted by Crippen LogP contribution is 2.34. The Morgan fingerprint density at radius 2 is 1.95 bits per heavy atom. The molecule has 1 fully saturated rings. The van der Waals surface area contributed by atoms with Gasteiger partial charge in [0.25, 0.3) is 0 Å². The predicted molar refractivity (Wildman–Crippen MR) is 79.7 cm³/mol. The van der Waals surface area contributed by atoms with Crippen molar-refractivity contribution >= 4 is 6.09 Å². The zero-order valence-corrected chi connectivity index (χ0v) is 12.1. The maximum atomic E-state index is 10.7. The molecule has 4 nitrogen and oxygen atoms in total. The van der Waals surface area contributed by atoms with Crippen molar-refractivity contribution < 1.29 is 9.90 Å². The van der Waals surface area contributed by atoms with Crippen LogP contribution in [0.5, 0.6) is 0 Å². The molecule has 1 aromatic carbocycles. The van der Waals surface area contributed by atoms with Gasteiger partial charge in [0.05, 0.1) is 0 Å². The van der Waals surface area contributed by atoms with Crippen molar-refractivity contribution in [1.29, 1.82) is 0 Å². The first-order chi connectivity index (χ1) is 9.63. The van der Waals surface area contributed by atoms with E-state index in [1.165, 1.54) is 5.56 Å². The molecule has 1 saturated heterocycles. The zero-order valence-electron chi connectivity index (χ0n) is 12.1. The van der Waals surface area contributed by atoms with Gasteiger partial charge in [0.2, 0.25) is 0 Å². The molecular weight excluding hydrogens is 252 g/mol. The molecule has 1 aliphatic rings. The van der Waals surface area contributed by atoms with Gasteiger partial charge in [0.1, 0.15) is 0 Å². The quantitative estimate of drug-likeness (QED) is 0.869. The van der Waals surface area contributed by atoms with Crippen LogP contribution in [0.4, 0.5) is 4.79 Å². The van der Waals surface area contributed by atoms with Crippen molar-refractivity contribution in [2.45, 2.75) is 32.7 Å². The predicted octanol–water partition coefficient (Wildman–Crippen LogP) is 2.95. The largest absolute Gasteiger partial charge is 0.465 e. The summed E-state index contributed by atoms with van der Waals surface area (Å²) in [5.41, 5.74) is 1.49. The summed E-state index contributed by atoms with van der Waals surface area (Å²) < 4.78 is 0. The summed E-state index contributed by atoms with van der Waals surface area (Å²) in [4.78, 5) is 13.1. The van der Waals surface area contributed by atoms with Crippen LogP contribution < -0.4 is 5.32 Å². The van der Waals surface area contributed by atoms with Crippen molar-refractivity contribution in [3.8, 4) is 0 Å². The number of carbonyl (C=O) groups is 1. The molecule has 1 heterocycles. The van der Waals surface area contributed by atoms with Gasteiger partial charge in [0, 0.05) is 13.1 Å². The first-order valence-corrected chi connectivity index (χ1v) is 7.37. The van der Waals surface area contributed by atoms with Crippen LogP contribution in [0.15, 0.2) is 30.3 Å². The van der Waals surface area contributed by atoms with Crippen LogP contribution in [0.25, 0.3) is 0 Å². The van der Waals surface area contributed by atoms with E-state index < -0.39 is 6.09 Å². The minimum absolute atomic E-state index is 0.144. The fraction of sp³-hybridized carbons (Fsp3) is 0.562. The maximum absolute atomic E-state index is 10.7. The molecule has 1 amide bonds. The summed E-state index contributed by atoms with van der Waals surface area (Å²) in [6, 6.07) is 10.5. The highest BCUT2D eigenvalue weighted by Gasteiger charge is 2.33. The summed E-state index contributed by atoms with van der Waals surface area (Å²) in [6.07, 6.45) is 2.25. The minimum Gasteiger partial charge on any atom is -0.465 e. The van der Waals surface area contributed by atoms with E-state index in [9.17, 15) is 4.79 Å². The Labute approximate surface area is 120 Å². The molecule has 0 radical (unpaired) electrons. The first-order valence-electron chi connectivity index (χ1n) is 7.37. The number of carboxylic acid groups (broad SMARTS) is 1. The molecule has 0 saturated carbocycles. The number of likely N-dealkylation sites (tertiary alicyclic amines) is 1. The van der Waals surface area contributed by atoms with E-state index in [0.717, 1.165) is 38.9 Å². The van der Waals surface area contributed by atoms with Gasteiger partial charge >= 0.3 is 6.09 Å². The van der Waals surface area contributed by atoms with Gasteiger partial charge in [0.15, 0.2) is 0 Å². The average Bonchev–Trinajstić information content (AvgIpc) is 2.48. The highest BCUT2D eigenvalue weighted by atomic mass is 16.4. The van der Waals surface area contributed by atoms with Crippen LogP contribution in [0.3, 0.4) is 0 Å². The molecule has 4 heteroatoms. The standard InChI is InChI=1S/C16H24N2O2/c1-2-16(13-17-15(19)20)8-10-18(11-9-16)12-14-6-4-3-5-7-14/h3-7,17H,2,8-13H2,1H3,(H,19,20). The highest BCUT2D eigenvalue weighted by molar-refractivity contribution is 5.64. The Kier molecular flexibility index (Phi) is 5.01. The van der Waals surface area contributed by atoms with E-state index >= 15 is 0 Å². The van der Waals surface area contributed by atoms with E-state index in [0.29, 0.717) is 6.54 Å². The lowest BCUT2D eigenvalue weighted by Crippen LogP contribution is -2.45. The lowest BCUT2D eigenvalue weighted by atomic mass is 9.76. The molecule has 1 aromatic rings. The van der Waals surface area contributed by atoms with E-state index in [1.807, 2.05) is 6.07 Å². The van der Waals surface area contributed by atoms with E-state index in [2.05, 4.69) is 41.4 Å². The fourth-order valence-corrected chi connectivity index (χ4v) is 2.95. The summed E-state index contributed by atoms with van der Waals surface area (Å²) in [5, 5.41) is 11.3. The van der Waals surface area contributed by atoms with Gasteiger partial charge in [-0.1, -0.05) is 37.3 Å². The molecule has 2 N–H and O–H groups in total. The summed E-state index contributed by atoms with van der Waals surface area (Å²) >= 11 is 0. The first kappa shape index (κ1) is 14.9. The van der Waals surface area contributed by atoms with Crippen LogP contribution in [-0.4, -0.2) is 35.7 Å². The number of amides is 1. The Morgan fingerprint density at radius 1 is 1.30 bits per heavy atom. The Balaban J connectivity index is 1.85. The van der Waals surface area contributed by atoms with E-state index in [-0.39, 0.29) is 5.41 Å². The third-order valence-electron chi connectivity index (χ3n) is 4.53. The second kappa shape index (κ2) is 6.75. The van der Waals surface area contributed by atoms with E-state index in [4.69, 9.17) is 5.11 Å². The monoisotopic (exact) mass is 276 g/mol.